The van der Waals surface area contributed by atoms with E-state index < -0.39 is 0 Å². The Morgan fingerprint density at radius 3 is 2.32 bits per heavy atom. The molecule has 19 heavy (non-hydrogen) atoms. The summed E-state index contributed by atoms with van der Waals surface area (Å²) in [5.74, 6) is 0. The monoisotopic (exact) mass is 269 g/mol. The van der Waals surface area contributed by atoms with Crippen molar-refractivity contribution in [3.63, 3.8) is 0 Å². The molecule has 0 aromatic rings. The fourth-order valence-electron chi connectivity index (χ4n) is 3.93. The number of hydrogen-bond donors (Lipinski definition) is 1. The third-order valence-corrected chi connectivity index (χ3v) is 5.29. The van der Waals surface area contributed by atoms with Crippen LogP contribution in [0, 0.1) is 5.41 Å². The average Bonchev–Trinajstić information content (AvgIpc) is 2.65. The predicted octanol–water partition coefficient (Wildman–Crippen LogP) is 2.82. The summed E-state index contributed by atoms with van der Waals surface area (Å²) in [6.45, 7) is 5.82. The molecule has 2 rings (SSSR count). The van der Waals surface area contributed by atoms with Gasteiger partial charge in [0.2, 0.25) is 0 Å². The molecule has 2 aliphatic rings. The van der Waals surface area contributed by atoms with E-state index in [9.17, 15) is 5.11 Å². The number of aliphatic hydroxyl groups is 1. The topological polar surface area (TPSA) is 32.7 Å². The summed E-state index contributed by atoms with van der Waals surface area (Å²) >= 11 is 0. The Morgan fingerprint density at radius 2 is 1.74 bits per heavy atom. The summed E-state index contributed by atoms with van der Waals surface area (Å²) in [5, 5.41) is 9.93. The van der Waals surface area contributed by atoms with Gasteiger partial charge >= 0.3 is 0 Å². The summed E-state index contributed by atoms with van der Waals surface area (Å²) in [4.78, 5) is 2.54. The number of likely N-dealkylation sites (tertiary alicyclic amines) is 1. The molecular weight excluding hydrogens is 238 g/mol. The first-order valence-electron chi connectivity index (χ1n) is 8.00. The van der Waals surface area contributed by atoms with Gasteiger partial charge in [-0.25, -0.2) is 0 Å². The lowest BCUT2D eigenvalue weighted by Gasteiger charge is -2.44. The Labute approximate surface area is 118 Å². The summed E-state index contributed by atoms with van der Waals surface area (Å²) in [5.41, 5.74) is 0.169. The highest BCUT2D eigenvalue weighted by atomic mass is 16.5. The van der Waals surface area contributed by atoms with E-state index in [2.05, 4.69) is 11.8 Å². The van der Waals surface area contributed by atoms with E-state index in [1.165, 1.54) is 51.5 Å². The van der Waals surface area contributed by atoms with Crippen LogP contribution in [0.4, 0.5) is 0 Å². The first kappa shape index (κ1) is 15.3. The van der Waals surface area contributed by atoms with Gasteiger partial charge in [-0.1, -0.05) is 25.7 Å². The Morgan fingerprint density at radius 1 is 1.05 bits per heavy atom. The van der Waals surface area contributed by atoms with E-state index in [1.807, 2.05) is 7.11 Å². The van der Waals surface area contributed by atoms with E-state index in [4.69, 9.17) is 4.74 Å². The molecule has 0 aromatic carbocycles. The zero-order valence-corrected chi connectivity index (χ0v) is 12.8. The van der Waals surface area contributed by atoms with Crippen LogP contribution >= 0.6 is 0 Å². The smallest absolute Gasteiger partial charge is 0.0777 e. The fraction of sp³-hybridized carbons (Fsp3) is 1.00. The number of rotatable bonds is 4. The van der Waals surface area contributed by atoms with Gasteiger partial charge in [0, 0.05) is 32.2 Å². The number of ether oxygens (including phenoxy) is 1. The molecule has 1 atom stereocenters. The number of methoxy groups -OCH3 is 1. The number of aliphatic hydroxyl groups excluding tert-OH is 1. The largest absolute Gasteiger partial charge is 0.396 e. The third-order valence-electron chi connectivity index (χ3n) is 5.29. The molecule has 3 nitrogen and oxygen atoms in total. The molecule has 0 amide bonds. The van der Waals surface area contributed by atoms with Gasteiger partial charge in [0.25, 0.3) is 0 Å². The standard InChI is InChI=1S/C16H31NO2/c1-15(19-2)8-7-11-17(12-15)13-16(14-18)9-5-3-4-6-10-16/h18H,3-14H2,1-2H3. The second kappa shape index (κ2) is 6.55. The summed E-state index contributed by atoms with van der Waals surface area (Å²) < 4.78 is 5.69. The van der Waals surface area contributed by atoms with Gasteiger partial charge in [0.05, 0.1) is 5.60 Å². The lowest BCUT2D eigenvalue weighted by Crippen LogP contribution is -2.51. The zero-order valence-electron chi connectivity index (χ0n) is 12.8. The van der Waals surface area contributed by atoms with Crippen LogP contribution in [0.15, 0.2) is 0 Å². The zero-order chi connectivity index (χ0) is 13.8. The van der Waals surface area contributed by atoms with E-state index in [-0.39, 0.29) is 11.0 Å². The predicted molar refractivity (Wildman–Crippen MR) is 78.3 cm³/mol. The summed E-state index contributed by atoms with van der Waals surface area (Å²) in [6, 6.07) is 0. The molecule has 1 N–H and O–H groups in total. The Kier molecular flexibility index (Phi) is 5.27. The molecule has 0 spiro atoms. The van der Waals surface area contributed by atoms with Gasteiger partial charge in [-0.2, -0.15) is 0 Å². The maximum absolute atomic E-state index is 9.93. The SMILES string of the molecule is COC1(C)CCCN(CC2(CO)CCCCCC2)C1. The second-order valence-corrected chi connectivity index (χ2v) is 7.04. The summed E-state index contributed by atoms with van der Waals surface area (Å²) in [7, 11) is 1.83. The Bertz CT molecular complexity index is 274. The van der Waals surface area contributed by atoms with E-state index in [0.29, 0.717) is 6.61 Å². The third kappa shape index (κ3) is 3.93. The van der Waals surface area contributed by atoms with Crippen molar-refractivity contribution in [3.05, 3.63) is 0 Å². The van der Waals surface area contributed by atoms with Crippen molar-refractivity contribution in [1.29, 1.82) is 0 Å². The lowest BCUT2D eigenvalue weighted by atomic mass is 9.79. The number of nitrogens with zero attached hydrogens (tertiary/aromatic N) is 1. The second-order valence-electron chi connectivity index (χ2n) is 7.04. The van der Waals surface area contributed by atoms with Crippen LogP contribution in [-0.2, 0) is 4.74 Å². The van der Waals surface area contributed by atoms with Gasteiger partial charge in [0.1, 0.15) is 0 Å². The fourth-order valence-corrected chi connectivity index (χ4v) is 3.93. The van der Waals surface area contributed by atoms with Crippen molar-refractivity contribution in [2.24, 2.45) is 5.41 Å². The van der Waals surface area contributed by atoms with Crippen LogP contribution < -0.4 is 0 Å². The molecule has 1 aliphatic heterocycles. The van der Waals surface area contributed by atoms with Crippen LogP contribution in [0.25, 0.3) is 0 Å². The van der Waals surface area contributed by atoms with Gasteiger partial charge in [-0.15, -0.1) is 0 Å². The molecule has 1 saturated carbocycles. The molecule has 1 unspecified atom stereocenters. The molecule has 0 radical (unpaired) electrons. The highest BCUT2D eigenvalue weighted by molar-refractivity contribution is 4.90. The first-order valence-corrected chi connectivity index (χ1v) is 8.00. The normalized spacial score (nSPS) is 33.0. The molecule has 112 valence electrons. The van der Waals surface area contributed by atoms with E-state index in [1.54, 1.807) is 0 Å². The Hall–Kier alpha value is -0.120. The minimum Gasteiger partial charge on any atom is -0.396 e. The van der Waals surface area contributed by atoms with Crippen LogP contribution in [-0.4, -0.2) is 49.0 Å². The molecular formula is C16H31NO2. The lowest BCUT2D eigenvalue weighted by molar-refractivity contribution is -0.0650. The van der Waals surface area contributed by atoms with Crippen molar-refractivity contribution < 1.29 is 9.84 Å². The minimum atomic E-state index is 0.0135. The molecule has 3 heteroatoms. The molecule has 1 aliphatic carbocycles. The van der Waals surface area contributed by atoms with Crippen molar-refractivity contribution in [3.8, 4) is 0 Å². The van der Waals surface area contributed by atoms with Crippen molar-refractivity contribution in [2.45, 2.75) is 63.9 Å². The highest BCUT2D eigenvalue weighted by Crippen LogP contribution is 2.37. The van der Waals surface area contributed by atoms with E-state index >= 15 is 0 Å². The summed E-state index contributed by atoms with van der Waals surface area (Å²) in [6.07, 6.45) is 10.0. The van der Waals surface area contributed by atoms with Gasteiger partial charge in [0.15, 0.2) is 0 Å². The molecule has 0 bridgehead atoms. The average molecular weight is 269 g/mol. The number of hydrogen-bond acceptors (Lipinski definition) is 3. The van der Waals surface area contributed by atoms with Crippen LogP contribution in [0.5, 0.6) is 0 Å². The van der Waals surface area contributed by atoms with Crippen LogP contribution in [0.1, 0.15) is 58.3 Å². The van der Waals surface area contributed by atoms with Crippen LogP contribution in [0.3, 0.4) is 0 Å². The van der Waals surface area contributed by atoms with Gasteiger partial charge in [-0.05, 0) is 39.2 Å². The molecule has 1 heterocycles. The minimum absolute atomic E-state index is 0.0135. The van der Waals surface area contributed by atoms with E-state index in [0.717, 1.165) is 19.5 Å². The molecule has 0 aromatic heterocycles. The molecule has 2 fully saturated rings. The van der Waals surface area contributed by atoms with Gasteiger partial charge in [-0.3, -0.25) is 4.90 Å². The van der Waals surface area contributed by atoms with Gasteiger partial charge < -0.3 is 9.84 Å². The van der Waals surface area contributed by atoms with Crippen molar-refractivity contribution in [1.82, 2.24) is 4.90 Å². The highest BCUT2D eigenvalue weighted by Gasteiger charge is 2.37. The van der Waals surface area contributed by atoms with Crippen LogP contribution in [0.2, 0.25) is 0 Å². The van der Waals surface area contributed by atoms with Crippen molar-refractivity contribution >= 4 is 0 Å². The Balaban J connectivity index is 1.97. The first-order chi connectivity index (χ1) is 9.11. The maximum atomic E-state index is 9.93. The molecule has 1 saturated heterocycles. The maximum Gasteiger partial charge on any atom is 0.0777 e. The quantitative estimate of drug-likeness (QED) is 0.797. The number of piperidine rings is 1. The van der Waals surface area contributed by atoms with Crippen molar-refractivity contribution in [2.75, 3.05) is 33.4 Å².